The molecule has 0 aliphatic carbocycles. The van der Waals surface area contributed by atoms with Crippen LogP contribution in [0.3, 0.4) is 0 Å². The zero-order valence-electron chi connectivity index (χ0n) is 34.2. The number of aromatic nitrogens is 3. The van der Waals surface area contributed by atoms with Crippen LogP contribution in [0.25, 0.3) is 34.2 Å². The minimum Gasteiger partial charge on any atom is -0.208 e. The smallest absolute Gasteiger partial charge is 0.179 e. The Balaban J connectivity index is 1.40. The van der Waals surface area contributed by atoms with E-state index in [1.165, 1.54) is 41.5 Å². The van der Waals surface area contributed by atoms with Crippen LogP contribution in [-0.2, 0) is 0 Å². The molecule has 3 nitrogen and oxygen atoms in total. The molecule has 0 aliphatic rings. The molecule has 0 fully saturated rings. The summed E-state index contributed by atoms with van der Waals surface area (Å²) in [7, 11) is -6.16. The lowest BCUT2D eigenvalue weighted by Gasteiger charge is -2.38. The molecule has 1 heterocycles. The van der Waals surface area contributed by atoms with Crippen LogP contribution < -0.4 is 41.5 Å². The molecule has 0 bridgehead atoms. The second kappa shape index (κ2) is 17.2. The molecule has 0 aliphatic heterocycles. The molecule has 0 atom stereocenters. The molecule has 10 aromatic rings. The Bertz CT molecular complexity index is 2630. The lowest BCUT2D eigenvalue weighted by Crippen LogP contribution is -2.78. The van der Waals surface area contributed by atoms with Crippen LogP contribution in [0.2, 0.25) is 0 Å². The van der Waals surface area contributed by atoms with Gasteiger partial charge in [-0.05, 0) is 41.5 Å². The molecule has 0 saturated heterocycles. The van der Waals surface area contributed by atoms with E-state index in [1.54, 1.807) is 0 Å². The van der Waals surface area contributed by atoms with Gasteiger partial charge in [-0.3, -0.25) is 0 Å². The van der Waals surface area contributed by atoms with E-state index in [1.807, 2.05) is 36.4 Å². The summed E-state index contributed by atoms with van der Waals surface area (Å²) in [5.41, 5.74) is 2.83. The Morgan fingerprint density at radius 3 is 0.645 bits per heavy atom. The van der Waals surface area contributed by atoms with Crippen molar-refractivity contribution in [3.63, 3.8) is 0 Å². The Morgan fingerprint density at radius 1 is 0.194 bits per heavy atom. The van der Waals surface area contributed by atoms with Gasteiger partial charge in [0.1, 0.15) is 0 Å². The highest BCUT2D eigenvalue weighted by Crippen LogP contribution is 2.26. The van der Waals surface area contributed by atoms with Gasteiger partial charge in [-0.1, -0.05) is 261 Å². The van der Waals surface area contributed by atoms with Gasteiger partial charge in [0.2, 0.25) is 0 Å². The molecule has 62 heavy (non-hydrogen) atoms. The molecular formula is C57H43N3Si2. The maximum atomic E-state index is 5.39. The summed E-state index contributed by atoms with van der Waals surface area (Å²) >= 11 is 0. The Labute approximate surface area is 365 Å². The zero-order chi connectivity index (χ0) is 41.6. The minimum atomic E-state index is -3.08. The van der Waals surface area contributed by atoms with E-state index in [0.717, 1.165) is 16.7 Å². The normalized spacial score (nSPS) is 11.5. The molecule has 0 unspecified atom stereocenters. The lowest BCUT2D eigenvalue weighted by molar-refractivity contribution is 1.07. The van der Waals surface area contributed by atoms with Crippen LogP contribution in [-0.4, -0.2) is 31.1 Å². The topological polar surface area (TPSA) is 38.7 Å². The predicted octanol–water partition coefficient (Wildman–Crippen LogP) is 7.63. The molecule has 0 N–H and O–H groups in total. The fraction of sp³-hybridized carbons (Fsp3) is 0. The van der Waals surface area contributed by atoms with Gasteiger partial charge in [-0.25, -0.2) is 15.0 Å². The predicted molar refractivity (Wildman–Crippen MR) is 263 cm³/mol. The maximum absolute atomic E-state index is 5.39. The first-order valence-corrected chi connectivity index (χ1v) is 25.1. The van der Waals surface area contributed by atoms with Crippen molar-refractivity contribution in [1.29, 1.82) is 0 Å². The van der Waals surface area contributed by atoms with Gasteiger partial charge < -0.3 is 0 Å². The van der Waals surface area contributed by atoms with Crippen molar-refractivity contribution in [2.75, 3.05) is 0 Å². The first kappa shape index (κ1) is 38.6. The van der Waals surface area contributed by atoms with Gasteiger partial charge in [-0.15, -0.1) is 0 Å². The summed E-state index contributed by atoms with van der Waals surface area (Å²) in [6.07, 6.45) is 0. The van der Waals surface area contributed by atoms with E-state index < -0.39 is 16.1 Å². The monoisotopic (exact) mass is 825 g/mol. The number of rotatable bonds is 11. The third kappa shape index (κ3) is 7.03. The second-order valence-corrected chi connectivity index (χ2v) is 23.2. The number of hydrogen-bond donors (Lipinski definition) is 0. The molecular weight excluding hydrogens is 783 g/mol. The van der Waals surface area contributed by atoms with Gasteiger partial charge in [-0.2, -0.15) is 0 Å². The highest BCUT2D eigenvalue weighted by Gasteiger charge is 2.46. The summed E-state index contributed by atoms with van der Waals surface area (Å²) in [5.74, 6) is 1.91. The molecule has 5 heteroatoms. The Hall–Kier alpha value is -7.58. The SMILES string of the molecule is c1ccc(-c2nc(-c3ccccc3)nc(-c3cc([Si](c4ccccc4)(c4ccccc4)c4ccccc4)cc([Si](c4ccccc4)(c4ccccc4)c4ccccc4)c3)n2)cc1. The summed E-state index contributed by atoms with van der Waals surface area (Å²) in [4.78, 5) is 15.9. The molecule has 294 valence electrons. The summed E-state index contributed by atoms with van der Waals surface area (Å²) in [5, 5.41) is 10.3. The quantitative estimate of drug-likeness (QED) is 0.0996. The van der Waals surface area contributed by atoms with Crippen LogP contribution >= 0.6 is 0 Å². The summed E-state index contributed by atoms with van der Waals surface area (Å²) < 4.78 is 0. The molecule has 0 radical (unpaired) electrons. The number of benzene rings is 9. The molecule has 0 spiro atoms. The van der Waals surface area contributed by atoms with E-state index in [4.69, 9.17) is 15.0 Å². The largest absolute Gasteiger partial charge is 0.208 e. The molecule has 10 rings (SSSR count). The zero-order valence-corrected chi connectivity index (χ0v) is 36.2. The van der Waals surface area contributed by atoms with Crippen molar-refractivity contribution in [3.8, 4) is 34.2 Å². The minimum absolute atomic E-state index is 0.634. The third-order valence-corrected chi connectivity index (χ3v) is 21.5. The average molecular weight is 826 g/mol. The van der Waals surface area contributed by atoms with Crippen LogP contribution in [0.1, 0.15) is 0 Å². The first-order valence-electron chi connectivity index (χ1n) is 21.1. The van der Waals surface area contributed by atoms with Crippen molar-refractivity contribution in [2.24, 2.45) is 0 Å². The highest BCUT2D eigenvalue weighted by molar-refractivity contribution is 7.22. The standard InChI is InChI=1S/C57H43N3Si2/c1-9-25-44(26-10-1)55-58-56(45-27-11-2-12-28-45)60-57(59-55)46-41-53(61(47-29-13-3-14-30-47,48-31-15-4-16-32-48)49-33-17-5-18-34-49)43-54(42-46)62(50-35-19-6-20-36-50,51-37-21-7-22-38-51)52-39-23-8-24-40-52/h1-43H. The Morgan fingerprint density at radius 2 is 0.403 bits per heavy atom. The average Bonchev–Trinajstić information content (AvgIpc) is 3.37. The number of hydrogen-bond acceptors (Lipinski definition) is 3. The van der Waals surface area contributed by atoms with Crippen molar-refractivity contribution >= 4 is 57.6 Å². The van der Waals surface area contributed by atoms with E-state index in [-0.39, 0.29) is 0 Å². The Kier molecular flexibility index (Phi) is 10.7. The van der Waals surface area contributed by atoms with E-state index in [9.17, 15) is 0 Å². The van der Waals surface area contributed by atoms with Crippen molar-refractivity contribution in [1.82, 2.24) is 15.0 Å². The van der Waals surface area contributed by atoms with Gasteiger partial charge >= 0.3 is 0 Å². The highest BCUT2D eigenvalue weighted by atomic mass is 28.3. The van der Waals surface area contributed by atoms with Gasteiger partial charge in [0, 0.05) is 16.7 Å². The fourth-order valence-electron chi connectivity index (χ4n) is 9.26. The van der Waals surface area contributed by atoms with Crippen LogP contribution in [0.4, 0.5) is 0 Å². The summed E-state index contributed by atoms with van der Waals surface area (Å²) in [6, 6.07) is 94.9. The fourth-order valence-corrected chi connectivity index (χ4v) is 19.0. The number of nitrogens with zero attached hydrogens (tertiary/aromatic N) is 3. The second-order valence-electron chi connectivity index (χ2n) is 15.5. The van der Waals surface area contributed by atoms with Gasteiger partial charge in [0.15, 0.2) is 33.6 Å². The van der Waals surface area contributed by atoms with Gasteiger partial charge in [0.25, 0.3) is 0 Å². The van der Waals surface area contributed by atoms with E-state index >= 15 is 0 Å². The van der Waals surface area contributed by atoms with Crippen molar-refractivity contribution in [2.45, 2.75) is 0 Å². The molecule has 9 aromatic carbocycles. The summed E-state index contributed by atoms with van der Waals surface area (Å²) in [6.45, 7) is 0. The lowest BCUT2D eigenvalue weighted by atomic mass is 10.1. The van der Waals surface area contributed by atoms with E-state index in [0.29, 0.717) is 17.5 Å². The first-order chi connectivity index (χ1) is 30.7. The van der Waals surface area contributed by atoms with Crippen LogP contribution in [0.15, 0.2) is 261 Å². The molecule has 0 amide bonds. The maximum Gasteiger partial charge on any atom is 0.179 e. The van der Waals surface area contributed by atoms with Crippen LogP contribution in [0.5, 0.6) is 0 Å². The van der Waals surface area contributed by atoms with Crippen molar-refractivity contribution in [3.05, 3.63) is 261 Å². The van der Waals surface area contributed by atoms with Gasteiger partial charge in [0.05, 0.1) is 0 Å². The molecule has 0 saturated carbocycles. The van der Waals surface area contributed by atoms with Crippen molar-refractivity contribution < 1.29 is 0 Å². The van der Waals surface area contributed by atoms with E-state index in [2.05, 4.69) is 224 Å². The third-order valence-electron chi connectivity index (χ3n) is 12.0. The van der Waals surface area contributed by atoms with Crippen LogP contribution in [0, 0.1) is 0 Å². The molecule has 1 aromatic heterocycles.